The normalized spacial score (nSPS) is 23.7. The summed E-state index contributed by atoms with van der Waals surface area (Å²) in [6.07, 6.45) is 8.17. The SMILES string of the molecule is Nc1ncnc2c1ccn2[C@@H]1C[C@H](CCCCc2cccc3cccnc23)[C@@H](O)[C@H]1O. The van der Waals surface area contributed by atoms with Crippen LogP contribution in [-0.2, 0) is 6.42 Å². The zero-order chi connectivity index (χ0) is 21.4. The van der Waals surface area contributed by atoms with Gasteiger partial charge in [-0.1, -0.05) is 30.7 Å². The summed E-state index contributed by atoms with van der Waals surface area (Å²) in [5.74, 6) is 0.485. The molecule has 7 heteroatoms. The van der Waals surface area contributed by atoms with Gasteiger partial charge in [0.15, 0.2) is 0 Å². The number of nitrogens with zero attached hydrogens (tertiary/aromatic N) is 4. The molecule has 0 amide bonds. The van der Waals surface area contributed by atoms with E-state index in [1.165, 1.54) is 17.3 Å². The molecule has 1 aromatic carbocycles. The second-order valence-electron chi connectivity index (χ2n) is 8.50. The summed E-state index contributed by atoms with van der Waals surface area (Å²) in [5, 5.41) is 23.3. The molecule has 1 saturated carbocycles. The fraction of sp³-hybridized carbons (Fsp3) is 0.375. The lowest BCUT2D eigenvalue weighted by Crippen LogP contribution is -2.29. The van der Waals surface area contributed by atoms with Crippen LogP contribution in [0.25, 0.3) is 21.9 Å². The van der Waals surface area contributed by atoms with Crippen LogP contribution in [0, 0.1) is 5.92 Å². The summed E-state index contributed by atoms with van der Waals surface area (Å²) < 4.78 is 1.93. The average molecular weight is 418 g/mol. The van der Waals surface area contributed by atoms with Crippen LogP contribution in [-0.4, -0.2) is 41.9 Å². The number of hydrogen-bond donors (Lipinski definition) is 3. The number of nitrogen functional groups attached to an aromatic ring is 1. The summed E-state index contributed by atoms with van der Waals surface area (Å²) in [6, 6.07) is 12.0. The van der Waals surface area contributed by atoms with Crippen molar-refractivity contribution in [1.82, 2.24) is 19.5 Å². The predicted octanol–water partition coefficient (Wildman–Crippen LogP) is 3.26. The molecule has 3 aromatic heterocycles. The van der Waals surface area contributed by atoms with E-state index >= 15 is 0 Å². The number of unbranched alkanes of at least 4 members (excludes halogenated alkanes) is 1. The predicted molar refractivity (Wildman–Crippen MR) is 120 cm³/mol. The Labute approximate surface area is 180 Å². The quantitative estimate of drug-likeness (QED) is 0.415. The first-order valence-electron chi connectivity index (χ1n) is 10.9. The highest BCUT2D eigenvalue weighted by Gasteiger charge is 2.42. The van der Waals surface area contributed by atoms with Gasteiger partial charge in [-0.15, -0.1) is 0 Å². The molecule has 0 bridgehead atoms. The van der Waals surface area contributed by atoms with Gasteiger partial charge in [0.05, 0.1) is 23.0 Å². The Bertz CT molecular complexity index is 1200. The molecule has 1 aliphatic carbocycles. The van der Waals surface area contributed by atoms with Crippen LogP contribution in [0.3, 0.4) is 0 Å². The molecule has 31 heavy (non-hydrogen) atoms. The summed E-state index contributed by atoms with van der Waals surface area (Å²) in [7, 11) is 0. The number of aromatic nitrogens is 4. The minimum atomic E-state index is -0.820. The number of aryl methyl sites for hydroxylation is 1. The highest BCUT2D eigenvalue weighted by Crippen LogP contribution is 2.39. The number of aliphatic hydroxyl groups is 2. The Balaban J connectivity index is 1.23. The van der Waals surface area contributed by atoms with Gasteiger partial charge in [-0.25, -0.2) is 9.97 Å². The number of hydrogen-bond acceptors (Lipinski definition) is 6. The van der Waals surface area contributed by atoms with Crippen molar-refractivity contribution >= 4 is 27.8 Å². The van der Waals surface area contributed by atoms with Gasteiger partial charge in [-0.3, -0.25) is 4.98 Å². The molecule has 7 nitrogen and oxygen atoms in total. The molecule has 4 N–H and O–H groups in total. The minimum absolute atomic E-state index is 0.0577. The van der Waals surface area contributed by atoms with Crippen LogP contribution in [0.1, 0.15) is 37.3 Å². The number of nitrogens with two attached hydrogens (primary N) is 1. The molecule has 0 radical (unpaired) electrons. The van der Waals surface area contributed by atoms with E-state index in [1.54, 1.807) is 0 Å². The molecule has 4 atom stereocenters. The monoisotopic (exact) mass is 417 g/mol. The van der Waals surface area contributed by atoms with E-state index in [1.807, 2.05) is 29.1 Å². The van der Waals surface area contributed by atoms with Crippen molar-refractivity contribution in [3.63, 3.8) is 0 Å². The number of benzene rings is 1. The third kappa shape index (κ3) is 3.64. The van der Waals surface area contributed by atoms with Gasteiger partial charge in [0.1, 0.15) is 23.9 Å². The van der Waals surface area contributed by atoms with Crippen molar-refractivity contribution in [3.8, 4) is 0 Å². The topological polar surface area (TPSA) is 110 Å². The lowest BCUT2D eigenvalue weighted by Gasteiger charge is -2.19. The van der Waals surface area contributed by atoms with Crippen molar-refractivity contribution in [2.24, 2.45) is 5.92 Å². The Morgan fingerprint density at radius 3 is 2.77 bits per heavy atom. The van der Waals surface area contributed by atoms with Gasteiger partial charge >= 0.3 is 0 Å². The summed E-state index contributed by atoms with van der Waals surface area (Å²) >= 11 is 0. The van der Waals surface area contributed by atoms with Gasteiger partial charge in [-0.2, -0.15) is 0 Å². The van der Waals surface area contributed by atoms with E-state index in [0.29, 0.717) is 17.9 Å². The van der Waals surface area contributed by atoms with Crippen LogP contribution >= 0.6 is 0 Å². The molecule has 1 aliphatic rings. The Morgan fingerprint density at radius 1 is 1.00 bits per heavy atom. The largest absolute Gasteiger partial charge is 0.390 e. The molecule has 0 unspecified atom stereocenters. The van der Waals surface area contributed by atoms with Gasteiger partial charge in [0.25, 0.3) is 0 Å². The third-order valence-electron chi connectivity index (χ3n) is 6.66. The first-order valence-corrected chi connectivity index (χ1v) is 10.9. The number of pyridine rings is 1. The maximum atomic E-state index is 10.7. The van der Waals surface area contributed by atoms with Crippen molar-refractivity contribution in [3.05, 3.63) is 60.7 Å². The molecular formula is C24H27N5O2. The van der Waals surface area contributed by atoms with E-state index in [-0.39, 0.29) is 12.0 Å². The molecule has 160 valence electrons. The summed E-state index contributed by atoms with van der Waals surface area (Å²) in [5.41, 5.74) is 8.98. The van der Waals surface area contributed by atoms with Crippen LogP contribution in [0.15, 0.2) is 55.1 Å². The van der Waals surface area contributed by atoms with Crippen molar-refractivity contribution < 1.29 is 10.2 Å². The highest BCUT2D eigenvalue weighted by molar-refractivity contribution is 5.86. The maximum Gasteiger partial charge on any atom is 0.145 e. The molecule has 0 spiro atoms. The zero-order valence-electron chi connectivity index (χ0n) is 17.3. The molecule has 0 saturated heterocycles. The maximum absolute atomic E-state index is 10.7. The molecule has 5 rings (SSSR count). The van der Waals surface area contributed by atoms with Crippen LogP contribution < -0.4 is 5.73 Å². The fourth-order valence-corrected chi connectivity index (χ4v) is 5.01. The van der Waals surface area contributed by atoms with E-state index in [0.717, 1.165) is 36.6 Å². The lowest BCUT2D eigenvalue weighted by molar-refractivity contribution is 0.00502. The highest BCUT2D eigenvalue weighted by atomic mass is 16.3. The Kier molecular flexibility index (Phi) is 5.29. The average Bonchev–Trinajstić information content (AvgIpc) is 3.34. The Morgan fingerprint density at radius 2 is 1.87 bits per heavy atom. The fourth-order valence-electron chi connectivity index (χ4n) is 5.01. The second-order valence-corrected chi connectivity index (χ2v) is 8.50. The van der Waals surface area contributed by atoms with E-state index < -0.39 is 12.2 Å². The van der Waals surface area contributed by atoms with Crippen LogP contribution in [0.2, 0.25) is 0 Å². The summed E-state index contributed by atoms with van der Waals surface area (Å²) in [4.78, 5) is 12.9. The smallest absolute Gasteiger partial charge is 0.145 e. The minimum Gasteiger partial charge on any atom is -0.390 e. The third-order valence-corrected chi connectivity index (χ3v) is 6.66. The van der Waals surface area contributed by atoms with Gasteiger partial charge in [0, 0.05) is 17.8 Å². The van der Waals surface area contributed by atoms with E-state index in [2.05, 4.69) is 39.2 Å². The van der Waals surface area contributed by atoms with Gasteiger partial charge in [0.2, 0.25) is 0 Å². The first-order chi connectivity index (χ1) is 15.1. The molecule has 0 aliphatic heterocycles. The molecular weight excluding hydrogens is 390 g/mol. The zero-order valence-corrected chi connectivity index (χ0v) is 17.3. The number of rotatable bonds is 6. The number of aliphatic hydroxyl groups excluding tert-OH is 2. The summed E-state index contributed by atoms with van der Waals surface area (Å²) in [6.45, 7) is 0. The first kappa shape index (κ1) is 19.9. The van der Waals surface area contributed by atoms with Crippen LogP contribution in [0.4, 0.5) is 5.82 Å². The molecule has 1 fully saturated rings. The number of anilines is 1. The van der Waals surface area contributed by atoms with Crippen LogP contribution in [0.5, 0.6) is 0 Å². The van der Waals surface area contributed by atoms with Crippen molar-refractivity contribution in [2.45, 2.75) is 50.4 Å². The van der Waals surface area contributed by atoms with Gasteiger partial charge < -0.3 is 20.5 Å². The second kappa shape index (κ2) is 8.24. The Hall–Kier alpha value is -3.03. The van der Waals surface area contributed by atoms with Crippen molar-refractivity contribution in [2.75, 3.05) is 5.73 Å². The van der Waals surface area contributed by atoms with Crippen molar-refractivity contribution in [1.29, 1.82) is 0 Å². The lowest BCUT2D eigenvalue weighted by atomic mass is 9.96. The van der Waals surface area contributed by atoms with E-state index in [4.69, 9.17) is 5.73 Å². The standard InChI is InChI=1S/C24H27N5O2/c25-23-18-10-12-29(24(18)28-14-27-23)19-13-17(21(30)22(19)31)6-2-1-5-15-7-3-8-16-9-4-11-26-20(15)16/h3-4,7-12,14,17,19,21-22,30-31H,1-2,5-6,13H2,(H2,25,27,28)/t17-,19+,21+,22-/m0/s1. The number of fused-ring (bicyclic) bond motifs is 2. The molecule has 3 heterocycles. The molecule has 4 aromatic rings. The van der Waals surface area contributed by atoms with E-state index in [9.17, 15) is 10.2 Å². The number of para-hydroxylation sites is 1. The van der Waals surface area contributed by atoms with Gasteiger partial charge in [-0.05, 0) is 49.3 Å².